The van der Waals surface area contributed by atoms with Crippen molar-refractivity contribution in [1.29, 1.82) is 0 Å². The monoisotopic (exact) mass is 372 g/mol. The number of hydrogen-bond acceptors (Lipinski definition) is 3. The van der Waals surface area contributed by atoms with Crippen LogP contribution in [0.15, 0.2) is 41.3 Å². The molecule has 0 spiro atoms. The fraction of sp³-hybridized carbons (Fsp3) is 0.350. The molecule has 1 atom stereocenters. The third kappa shape index (κ3) is 2.98. The number of nitrogens with zero attached hydrogens (tertiary/aromatic N) is 1. The zero-order chi connectivity index (χ0) is 19.1. The summed E-state index contributed by atoms with van der Waals surface area (Å²) in [4.78, 5) is 12.9. The van der Waals surface area contributed by atoms with Gasteiger partial charge >= 0.3 is 0 Å². The Kier molecular flexibility index (Phi) is 4.80. The van der Waals surface area contributed by atoms with Crippen LogP contribution >= 0.6 is 0 Å². The van der Waals surface area contributed by atoms with E-state index in [0.29, 0.717) is 16.8 Å². The lowest BCUT2D eigenvalue weighted by Crippen LogP contribution is -2.33. The molecule has 0 radical (unpaired) electrons. The van der Waals surface area contributed by atoms with Crippen molar-refractivity contribution in [2.24, 2.45) is 0 Å². The van der Waals surface area contributed by atoms with Crippen molar-refractivity contribution < 1.29 is 13.2 Å². The molecule has 1 amide bonds. The second kappa shape index (κ2) is 6.76. The zero-order valence-electron chi connectivity index (χ0n) is 15.5. The Morgan fingerprint density at radius 1 is 1.19 bits per heavy atom. The van der Waals surface area contributed by atoms with E-state index in [2.05, 4.69) is 12.2 Å². The van der Waals surface area contributed by atoms with E-state index >= 15 is 0 Å². The van der Waals surface area contributed by atoms with Gasteiger partial charge in [-0.2, -0.15) is 0 Å². The van der Waals surface area contributed by atoms with Gasteiger partial charge in [0, 0.05) is 29.8 Å². The number of carbonyl (C=O) groups excluding carboxylic acids is 1. The van der Waals surface area contributed by atoms with Gasteiger partial charge in [-0.05, 0) is 44.0 Å². The molecular formula is C20H24N2O3S. The van der Waals surface area contributed by atoms with Crippen molar-refractivity contribution >= 4 is 21.6 Å². The van der Waals surface area contributed by atoms with Gasteiger partial charge in [-0.15, -0.1) is 0 Å². The Labute approximate surface area is 155 Å². The fourth-order valence-corrected chi connectivity index (χ4v) is 5.01. The molecule has 0 aliphatic carbocycles. The first-order chi connectivity index (χ1) is 12.3. The predicted molar refractivity (Wildman–Crippen MR) is 104 cm³/mol. The summed E-state index contributed by atoms with van der Waals surface area (Å²) in [5.41, 5.74) is 3.34. The molecule has 0 unspecified atom stereocenters. The Morgan fingerprint density at radius 3 is 2.58 bits per heavy atom. The predicted octanol–water partition coefficient (Wildman–Crippen LogP) is 3.72. The van der Waals surface area contributed by atoms with Crippen LogP contribution in [0.5, 0.6) is 0 Å². The van der Waals surface area contributed by atoms with Crippen LogP contribution in [0.3, 0.4) is 0 Å². The van der Waals surface area contributed by atoms with Crippen LogP contribution in [0.1, 0.15) is 42.6 Å². The summed E-state index contributed by atoms with van der Waals surface area (Å²) in [6, 6.07) is 10.6. The van der Waals surface area contributed by atoms with Crippen LogP contribution in [-0.2, 0) is 10.0 Å². The number of aryl methyl sites for hydroxylation is 1. The molecule has 1 aliphatic rings. The number of anilines is 1. The number of nitrogens with one attached hydrogen (secondary N) is 1. The molecule has 138 valence electrons. The molecule has 0 saturated carbocycles. The zero-order valence-corrected chi connectivity index (χ0v) is 16.4. The lowest BCUT2D eigenvalue weighted by Gasteiger charge is -2.31. The maximum atomic E-state index is 12.8. The van der Waals surface area contributed by atoms with Gasteiger partial charge in [0.25, 0.3) is 15.9 Å². The Hall–Kier alpha value is -2.34. The minimum atomic E-state index is -3.58. The largest absolute Gasteiger partial charge is 0.350 e. The van der Waals surface area contributed by atoms with Crippen LogP contribution in [0.25, 0.3) is 11.1 Å². The number of rotatable bonds is 4. The van der Waals surface area contributed by atoms with Gasteiger partial charge in [0.1, 0.15) is 0 Å². The standard InChI is InChI=1S/C20H24N2O3S/c1-5-8-14(3)21-20(23)15-11-13(2)19-17(12-15)16-9-6-7-10-18(16)26(24,25)22(19)4/h6-7,9-12,14H,5,8H2,1-4H3,(H,21,23)/t14-/m1/s1. The van der Waals surface area contributed by atoms with Crippen molar-refractivity contribution in [3.63, 3.8) is 0 Å². The molecule has 1 N–H and O–H groups in total. The molecule has 26 heavy (non-hydrogen) atoms. The van der Waals surface area contributed by atoms with Gasteiger partial charge in [0.15, 0.2) is 0 Å². The van der Waals surface area contributed by atoms with Gasteiger partial charge in [-0.1, -0.05) is 31.5 Å². The van der Waals surface area contributed by atoms with Gasteiger partial charge in [-0.25, -0.2) is 8.42 Å². The lowest BCUT2D eigenvalue weighted by atomic mass is 9.96. The summed E-state index contributed by atoms with van der Waals surface area (Å²) in [6.45, 7) is 5.91. The summed E-state index contributed by atoms with van der Waals surface area (Å²) in [7, 11) is -2.03. The van der Waals surface area contributed by atoms with E-state index in [1.807, 2.05) is 19.9 Å². The molecule has 2 aromatic carbocycles. The highest BCUT2D eigenvalue weighted by molar-refractivity contribution is 7.93. The van der Waals surface area contributed by atoms with Crippen LogP contribution < -0.4 is 9.62 Å². The Morgan fingerprint density at radius 2 is 1.88 bits per heavy atom. The first-order valence-corrected chi connectivity index (χ1v) is 10.2. The minimum absolute atomic E-state index is 0.0965. The van der Waals surface area contributed by atoms with Crippen LogP contribution in [0.2, 0.25) is 0 Å². The summed E-state index contributed by atoms with van der Waals surface area (Å²) in [6.07, 6.45) is 1.92. The molecule has 1 aliphatic heterocycles. The molecule has 2 aromatic rings. The highest BCUT2D eigenvalue weighted by Crippen LogP contribution is 2.44. The second-order valence-electron chi connectivity index (χ2n) is 6.82. The summed E-state index contributed by atoms with van der Waals surface area (Å²) < 4.78 is 26.9. The summed E-state index contributed by atoms with van der Waals surface area (Å²) in [5.74, 6) is -0.134. The normalized spacial score (nSPS) is 15.8. The van der Waals surface area contributed by atoms with Crippen molar-refractivity contribution in [3.05, 3.63) is 47.5 Å². The van der Waals surface area contributed by atoms with E-state index < -0.39 is 10.0 Å². The molecule has 0 aromatic heterocycles. The summed E-state index contributed by atoms with van der Waals surface area (Å²) >= 11 is 0. The molecule has 6 heteroatoms. The number of benzene rings is 2. The third-order valence-electron chi connectivity index (χ3n) is 4.79. The average Bonchev–Trinajstić information content (AvgIpc) is 2.59. The van der Waals surface area contributed by atoms with Gasteiger partial charge in [0.2, 0.25) is 0 Å². The maximum absolute atomic E-state index is 12.8. The molecule has 5 nitrogen and oxygen atoms in total. The van der Waals surface area contributed by atoms with Crippen molar-refractivity contribution in [3.8, 4) is 11.1 Å². The molecular weight excluding hydrogens is 348 g/mol. The smallest absolute Gasteiger partial charge is 0.264 e. The van der Waals surface area contributed by atoms with Crippen molar-refractivity contribution in [2.45, 2.75) is 44.6 Å². The van der Waals surface area contributed by atoms with Crippen LogP contribution in [0, 0.1) is 6.92 Å². The van der Waals surface area contributed by atoms with Crippen molar-refractivity contribution in [1.82, 2.24) is 5.32 Å². The fourth-order valence-electron chi connectivity index (χ4n) is 3.53. The number of amides is 1. The number of sulfonamides is 1. The van der Waals surface area contributed by atoms with Crippen LogP contribution in [0.4, 0.5) is 5.69 Å². The van der Waals surface area contributed by atoms with E-state index in [1.165, 1.54) is 4.31 Å². The topological polar surface area (TPSA) is 66.5 Å². The highest BCUT2D eigenvalue weighted by atomic mass is 32.2. The van der Waals surface area contributed by atoms with E-state index in [-0.39, 0.29) is 16.8 Å². The number of hydrogen-bond donors (Lipinski definition) is 1. The number of fused-ring (bicyclic) bond motifs is 3. The lowest BCUT2D eigenvalue weighted by molar-refractivity contribution is 0.0938. The number of carbonyl (C=O) groups is 1. The van der Waals surface area contributed by atoms with Gasteiger partial charge in [-0.3, -0.25) is 9.10 Å². The van der Waals surface area contributed by atoms with E-state index in [4.69, 9.17) is 0 Å². The van der Waals surface area contributed by atoms with E-state index in [0.717, 1.165) is 24.0 Å². The Balaban J connectivity index is 2.13. The summed E-state index contributed by atoms with van der Waals surface area (Å²) in [5, 5.41) is 3.01. The average molecular weight is 372 g/mol. The van der Waals surface area contributed by atoms with Gasteiger partial charge in [0.05, 0.1) is 10.6 Å². The minimum Gasteiger partial charge on any atom is -0.350 e. The van der Waals surface area contributed by atoms with Crippen LogP contribution in [-0.4, -0.2) is 27.4 Å². The highest BCUT2D eigenvalue weighted by Gasteiger charge is 2.33. The Bertz CT molecular complexity index is 967. The molecule has 0 saturated heterocycles. The van der Waals surface area contributed by atoms with Gasteiger partial charge < -0.3 is 5.32 Å². The van der Waals surface area contributed by atoms with E-state index in [9.17, 15) is 13.2 Å². The maximum Gasteiger partial charge on any atom is 0.264 e. The third-order valence-corrected chi connectivity index (χ3v) is 6.61. The van der Waals surface area contributed by atoms with E-state index in [1.54, 1.807) is 37.4 Å². The quantitative estimate of drug-likeness (QED) is 0.889. The first kappa shape index (κ1) is 18.5. The molecule has 0 fully saturated rings. The molecule has 1 heterocycles. The second-order valence-corrected chi connectivity index (χ2v) is 8.76. The van der Waals surface area contributed by atoms with Crippen molar-refractivity contribution in [2.75, 3.05) is 11.4 Å². The molecule has 3 rings (SSSR count). The SMILES string of the molecule is CCC[C@@H](C)NC(=O)c1cc(C)c2c(c1)-c1ccccc1S(=O)(=O)N2C. The molecule has 0 bridgehead atoms. The first-order valence-electron chi connectivity index (χ1n) is 8.81.